The van der Waals surface area contributed by atoms with Gasteiger partial charge >= 0.3 is 6.47 Å². The molecule has 2 nitrogen and oxygen atoms in total. The van der Waals surface area contributed by atoms with Crippen LogP contribution in [0.2, 0.25) is 0 Å². The second-order valence-electron chi connectivity index (χ2n) is 7.10. The van der Waals surface area contributed by atoms with E-state index in [0.717, 1.165) is 6.42 Å². The van der Waals surface area contributed by atoms with Crippen molar-refractivity contribution in [3.8, 4) is 0 Å². The Kier molecular flexibility index (Phi) is 19.1. The van der Waals surface area contributed by atoms with Gasteiger partial charge in [0.15, 0.2) is 0 Å². The Morgan fingerprint density at radius 3 is 1.35 bits per heavy atom. The van der Waals surface area contributed by atoms with Gasteiger partial charge in [-0.15, -0.1) is 0 Å². The lowest BCUT2D eigenvalue weighted by atomic mass is 10.0. The largest absolute Gasteiger partial charge is 0.454 e. The molecule has 0 spiro atoms. The van der Waals surface area contributed by atoms with Crippen LogP contribution in [0.5, 0.6) is 0 Å². The fourth-order valence-electron chi connectivity index (χ4n) is 3.12. The minimum atomic E-state index is 0.0409. The van der Waals surface area contributed by atoms with Gasteiger partial charge in [0.25, 0.3) is 0 Å². The first-order chi connectivity index (χ1) is 11.3. The summed E-state index contributed by atoms with van der Waals surface area (Å²) in [7, 11) is 0. The van der Waals surface area contributed by atoms with Gasteiger partial charge in [-0.1, -0.05) is 103 Å². The molecule has 0 aliphatic carbocycles. The van der Waals surface area contributed by atoms with E-state index in [-0.39, 0.29) is 6.10 Å². The number of carbonyl (C=O) groups excluding carboxylic acids is 1. The summed E-state index contributed by atoms with van der Waals surface area (Å²) in [5.74, 6) is 0. The Hall–Kier alpha value is -0.530. The van der Waals surface area contributed by atoms with E-state index in [1.165, 1.54) is 109 Å². The molecule has 137 valence electrons. The lowest BCUT2D eigenvalue weighted by Crippen LogP contribution is -2.05. The highest BCUT2D eigenvalue weighted by Crippen LogP contribution is 2.14. The van der Waals surface area contributed by atoms with Gasteiger partial charge in [-0.25, -0.2) is 4.79 Å². The first kappa shape index (κ1) is 22.5. The molecule has 0 heterocycles. The first-order valence-electron chi connectivity index (χ1n) is 10.3. The Bertz CT molecular complexity index is 228. The summed E-state index contributed by atoms with van der Waals surface area (Å²) < 4.78 is 4.76. The van der Waals surface area contributed by atoms with Crippen molar-refractivity contribution in [3.05, 3.63) is 0 Å². The van der Waals surface area contributed by atoms with Crippen molar-refractivity contribution in [1.29, 1.82) is 0 Å². The van der Waals surface area contributed by atoms with E-state index in [2.05, 4.69) is 6.92 Å². The van der Waals surface area contributed by atoms with E-state index in [9.17, 15) is 4.79 Å². The second kappa shape index (κ2) is 19.5. The molecule has 0 rings (SSSR count). The van der Waals surface area contributed by atoms with Crippen LogP contribution in [0.1, 0.15) is 123 Å². The lowest BCUT2D eigenvalue weighted by molar-refractivity contribution is 0.181. The lowest BCUT2D eigenvalue weighted by Gasteiger charge is -2.07. The van der Waals surface area contributed by atoms with Crippen molar-refractivity contribution in [2.75, 3.05) is 0 Å². The minimum Gasteiger partial charge on any atom is -0.454 e. The van der Waals surface area contributed by atoms with Crippen LogP contribution >= 0.6 is 0 Å². The van der Waals surface area contributed by atoms with Gasteiger partial charge in [-0.3, -0.25) is 0 Å². The number of rotatable bonds is 19. The maximum Gasteiger partial charge on any atom is 0.417 e. The summed E-state index contributed by atoms with van der Waals surface area (Å²) in [5, 5.41) is 0. The monoisotopic (exact) mass is 325 g/mol. The van der Waals surface area contributed by atoms with E-state index in [4.69, 9.17) is 4.74 Å². The van der Waals surface area contributed by atoms with Crippen LogP contribution in [-0.2, 0) is 9.53 Å². The molecule has 0 bridgehead atoms. The average molecular weight is 326 g/mol. The summed E-state index contributed by atoms with van der Waals surface area (Å²) in [4.78, 5) is 10.0. The topological polar surface area (TPSA) is 26.3 Å². The summed E-state index contributed by atoms with van der Waals surface area (Å²) >= 11 is 0. The van der Waals surface area contributed by atoms with Crippen LogP contribution in [0.25, 0.3) is 0 Å². The van der Waals surface area contributed by atoms with Crippen molar-refractivity contribution in [2.24, 2.45) is 0 Å². The molecule has 2 heteroatoms. The Morgan fingerprint density at radius 2 is 1.00 bits per heavy atom. The Morgan fingerprint density at radius 1 is 0.652 bits per heavy atom. The van der Waals surface area contributed by atoms with Gasteiger partial charge in [-0.2, -0.15) is 0 Å². The first-order valence-corrected chi connectivity index (χ1v) is 10.3. The van der Waals surface area contributed by atoms with E-state index in [0.29, 0.717) is 0 Å². The molecule has 0 aromatic carbocycles. The predicted octanol–water partition coefficient (Wildman–Crippen LogP) is 7.11. The average Bonchev–Trinajstić information content (AvgIpc) is 2.54. The standard InChI is InChI=1S/C21H41O2/c1-3-4-5-6-7-8-9-10-11-12-13-14-15-16-17-18-19-21(2)23-20-22/h21H,3-19H2,1-2H3. The third kappa shape index (κ3) is 19.4. The van der Waals surface area contributed by atoms with Crippen LogP contribution < -0.4 is 0 Å². The van der Waals surface area contributed by atoms with Crippen LogP contribution in [0.15, 0.2) is 0 Å². The summed E-state index contributed by atoms with van der Waals surface area (Å²) in [6.07, 6.45) is 23.3. The summed E-state index contributed by atoms with van der Waals surface area (Å²) in [5.41, 5.74) is 0. The highest BCUT2D eigenvalue weighted by Gasteiger charge is 2.01. The van der Waals surface area contributed by atoms with Crippen molar-refractivity contribution in [1.82, 2.24) is 0 Å². The van der Waals surface area contributed by atoms with E-state index < -0.39 is 0 Å². The highest BCUT2D eigenvalue weighted by atomic mass is 16.5. The third-order valence-electron chi connectivity index (χ3n) is 4.71. The third-order valence-corrected chi connectivity index (χ3v) is 4.71. The maximum absolute atomic E-state index is 10.0. The zero-order valence-corrected chi connectivity index (χ0v) is 15.9. The van der Waals surface area contributed by atoms with E-state index in [1.54, 1.807) is 0 Å². The zero-order valence-electron chi connectivity index (χ0n) is 15.9. The smallest absolute Gasteiger partial charge is 0.417 e. The number of ether oxygens (including phenoxy) is 1. The molecular formula is C21H41O2. The van der Waals surface area contributed by atoms with Crippen molar-refractivity contribution in [2.45, 2.75) is 129 Å². The molecule has 1 atom stereocenters. The normalized spacial score (nSPS) is 12.3. The Labute approximate surface area is 145 Å². The van der Waals surface area contributed by atoms with Gasteiger partial charge in [0.1, 0.15) is 0 Å². The molecule has 0 aliphatic rings. The molecule has 0 amide bonds. The van der Waals surface area contributed by atoms with Crippen LogP contribution in [0.4, 0.5) is 0 Å². The number of hydrogen-bond acceptors (Lipinski definition) is 2. The van der Waals surface area contributed by atoms with Crippen LogP contribution in [0, 0.1) is 0 Å². The van der Waals surface area contributed by atoms with Gasteiger partial charge in [0, 0.05) is 0 Å². The molecule has 1 radical (unpaired) electrons. The van der Waals surface area contributed by atoms with Crippen molar-refractivity contribution >= 4 is 6.47 Å². The van der Waals surface area contributed by atoms with Gasteiger partial charge in [-0.05, 0) is 19.8 Å². The fourth-order valence-corrected chi connectivity index (χ4v) is 3.12. The number of hydrogen-bond donors (Lipinski definition) is 0. The summed E-state index contributed by atoms with van der Waals surface area (Å²) in [6.45, 7) is 5.74. The number of unbranched alkanes of at least 4 members (excludes halogenated alkanes) is 15. The van der Waals surface area contributed by atoms with Gasteiger partial charge in [0.05, 0.1) is 6.10 Å². The summed E-state index contributed by atoms with van der Waals surface area (Å²) in [6, 6.07) is 0. The molecule has 0 aliphatic heterocycles. The molecule has 0 saturated carbocycles. The second-order valence-corrected chi connectivity index (χ2v) is 7.10. The highest BCUT2D eigenvalue weighted by molar-refractivity contribution is 5.38. The zero-order chi connectivity index (χ0) is 17.0. The maximum atomic E-state index is 10.0. The molecule has 0 saturated heterocycles. The fraction of sp³-hybridized carbons (Fsp3) is 0.952. The molecule has 1 unspecified atom stereocenters. The van der Waals surface area contributed by atoms with Crippen LogP contribution in [0.3, 0.4) is 0 Å². The molecule has 0 fully saturated rings. The van der Waals surface area contributed by atoms with Gasteiger partial charge in [0.2, 0.25) is 0 Å². The SMILES string of the molecule is CCCCCCCCCCCCCCCCCCC(C)O[C]=O. The quantitative estimate of drug-likeness (QED) is 0.236. The molecule has 0 aromatic rings. The van der Waals surface area contributed by atoms with Crippen LogP contribution in [-0.4, -0.2) is 12.6 Å². The predicted molar refractivity (Wildman–Crippen MR) is 100 cm³/mol. The van der Waals surface area contributed by atoms with E-state index >= 15 is 0 Å². The Balaban J connectivity index is 3.01. The molecule has 0 aromatic heterocycles. The minimum absolute atomic E-state index is 0.0409. The van der Waals surface area contributed by atoms with E-state index in [1.807, 2.05) is 6.92 Å². The molecule has 23 heavy (non-hydrogen) atoms. The van der Waals surface area contributed by atoms with Gasteiger partial charge < -0.3 is 4.74 Å². The van der Waals surface area contributed by atoms with Crippen molar-refractivity contribution < 1.29 is 9.53 Å². The van der Waals surface area contributed by atoms with Crippen molar-refractivity contribution in [3.63, 3.8) is 0 Å². The molecule has 0 N–H and O–H groups in total. The molecular weight excluding hydrogens is 284 g/mol.